The normalized spacial score (nSPS) is 16.1. The van der Waals surface area contributed by atoms with Gasteiger partial charge in [-0.15, -0.1) is 0 Å². The summed E-state index contributed by atoms with van der Waals surface area (Å²) in [7, 11) is 0. The molecule has 122 valence electrons. The van der Waals surface area contributed by atoms with E-state index in [0.717, 1.165) is 38.0 Å². The molecule has 0 spiro atoms. The van der Waals surface area contributed by atoms with Gasteiger partial charge < -0.3 is 10.6 Å². The lowest BCUT2D eigenvalue weighted by Gasteiger charge is -2.16. The molecule has 0 atom stereocenters. The molecular formula is C17H28N4O. The van der Waals surface area contributed by atoms with E-state index < -0.39 is 0 Å². The summed E-state index contributed by atoms with van der Waals surface area (Å²) in [6.07, 6.45) is 9.36. The van der Waals surface area contributed by atoms with Gasteiger partial charge in [0.05, 0.1) is 0 Å². The van der Waals surface area contributed by atoms with Crippen LogP contribution in [0.15, 0.2) is 6.07 Å². The van der Waals surface area contributed by atoms with Crippen LogP contribution in [0.2, 0.25) is 0 Å². The number of aromatic nitrogens is 2. The zero-order valence-electron chi connectivity index (χ0n) is 13.8. The van der Waals surface area contributed by atoms with Crippen LogP contribution < -0.4 is 10.6 Å². The molecule has 0 unspecified atom stereocenters. The van der Waals surface area contributed by atoms with Crippen molar-refractivity contribution in [1.29, 1.82) is 0 Å². The number of hydrogen-bond donors (Lipinski definition) is 2. The van der Waals surface area contributed by atoms with Crippen molar-refractivity contribution in [3.63, 3.8) is 0 Å². The molecule has 1 amide bonds. The fourth-order valence-corrected chi connectivity index (χ4v) is 2.85. The van der Waals surface area contributed by atoms with Gasteiger partial charge in [0.15, 0.2) is 0 Å². The monoisotopic (exact) mass is 304 g/mol. The number of carbonyl (C=O) groups is 1. The molecule has 2 N–H and O–H groups in total. The summed E-state index contributed by atoms with van der Waals surface area (Å²) in [6.45, 7) is 4.85. The first-order chi connectivity index (χ1) is 10.7. The minimum atomic E-state index is -0.0732. The van der Waals surface area contributed by atoms with Crippen molar-refractivity contribution in [3.8, 4) is 0 Å². The van der Waals surface area contributed by atoms with Gasteiger partial charge in [0.25, 0.3) is 5.91 Å². The molecule has 1 aromatic heterocycles. The summed E-state index contributed by atoms with van der Waals surface area (Å²) >= 11 is 0. The van der Waals surface area contributed by atoms with Gasteiger partial charge in [-0.25, -0.2) is 9.97 Å². The van der Waals surface area contributed by atoms with E-state index in [-0.39, 0.29) is 5.91 Å². The third-order valence-electron chi connectivity index (χ3n) is 4.10. The SMILES string of the molecule is CCCCNc1cc(C(=O)NC2CCCCCC2)nc(C)n1. The van der Waals surface area contributed by atoms with Crippen LogP contribution in [0.3, 0.4) is 0 Å². The highest BCUT2D eigenvalue weighted by Crippen LogP contribution is 2.17. The molecule has 5 nitrogen and oxygen atoms in total. The maximum Gasteiger partial charge on any atom is 0.270 e. The van der Waals surface area contributed by atoms with Crippen LogP contribution in [-0.2, 0) is 0 Å². The maximum absolute atomic E-state index is 12.4. The maximum atomic E-state index is 12.4. The molecule has 5 heteroatoms. The van der Waals surface area contributed by atoms with Crippen LogP contribution in [0.25, 0.3) is 0 Å². The van der Waals surface area contributed by atoms with Crippen molar-refractivity contribution >= 4 is 11.7 Å². The number of nitrogens with zero attached hydrogens (tertiary/aromatic N) is 2. The Morgan fingerprint density at radius 1 is 1.23 bits per heavy atom. The molecule has 0 saturated heterocycles. The number of unbranched alkanes of at least 4 members (excludes halogenated alkanes) is 1. The third-order valence-corrected chi connectivity index (χ3v) is 4.10. The first kappa shape index (κ1) is 16.7. The number of aryl methyl sites for hydroxylation is 1. The van der Waals surface area contributed by atoms with E-state index >= 15 is 0 Å². The fraction of sp³-hybridized carbons (Fsp3) is 0.706. The van der Waals surface area contributed by atoms with E-state index in [1.165, 1.54) is 25.7 Å². The van der Waals surface area contributed by atoms with E-state index in [2.05, 4.69) is 27.5 Å². The van der Waals surface area contributed by atoms with Crippen molar-refractivity contribution in [3.05, 3.63) is 17.6 Å². The van der Waals surface area contributed by atoms with Crippen molar-refractivity contribution in [2.75, 3.05) is 11.9 Å². The molecule has 0 aliphatic heterocycles. The van der Waals surface area contributed by atoms with Crippen LogP contribution in [0.1, 0.15) is 74.6 Å². The van der Waals surface area contributed by atoms with Gasteiger partial charge in [-0.1, -0.05) is 39.0 Å². The van der Waals surface area contributed by atoms with Gasteiger partial charge in [-0.2, -0.15) is 0 Å². The zero-order valence-corrected chi connectivity index (χ0v) is 13.8. The topological polar surface area (TPSA) is 66.9 Å². The van der Waals surface area contributed by atoms with E-state index in [0.29, 0.717) is 17.6 Å². The smallest absolute Gasteiger partial charge is 0.270 e. The number of carbonyl (C=O) groups excluding carboxylic acids is 1. The summed E-state index contributed by atoms with van der Waals surface area (Å²) in [6, 6.07) is 2.05. The molecular weight excluding hydrogens is 276 g/mol. The highest BCUT2D eigenvalue weighted by atomic mass is 16.1. The summed E-state index contributed by atoms with van der Waals surface area (Å²) in [5.74, 6) is 1.30. The van der Waals surface area contributed by atoms with Crippen molar-refractivity contribution in [2.45, 2.75) is 71.3 Å². The van der Waals surface area contributed by atoms with Crippen molar-refractivity contribution in [1.82, 2.24) is 15.3 Å². The Hall–Kier alpha value is -1.65. The standard InChI is InChI=1S/C17H28N4O/c1-3-4-11-18-16-12-15(19-13(2)20-16)17(22)21-14-9-7-5-6-8-10-14/h12,14H,3-11H2,1-2H3,(H,21,22)(H,18,19,20). The van der Waals surface area contributed by atoms with Gasteiger partial charge in [-0.05, 0) is 26.2 Å². The average molecular weight is 304 g/mol. The Kier molecular flexibility index (Phi) is 6.62. The first-order valence-electron chi connectivity index (χ1n) is 8.59. The fourth-order valence-electron chi connectivity index (χ4n) is 2.85. The summed E-state index contributed by atoms with van der Waals surface area (Å²) in [4.78, 5) is 21.1. The van der Waals surface area contributed by atoms with Crippen molar-refractivity contribution < 1.29 is 4.79 Å². The lowest BCUT2D eigenvalue weighted by molar-refractivity contribution is 0.0928. The molecule has 1 saturated carbocycles. The lowest BCUT2D eigenvalue weighted by Crippen LogP contribution is -2.35. The first-order valence-corrected chi connectivity index (χ1v) is 8.59. The number of nitrogens with one attached hydrogen (secondary N) is 2. The van der Waals surface area contributed by atoms with E-state index in [1.807, 2.05) is 6.92 Å². The average Bonchev–Trinajstić information content (AvgIpc) is 2.75. The molecule has 1 fully saturated rings. The van der Waals surface area contributed by atoms with Crippen LogP contribution in [-0.4, -0.2) is 28.5 Å². The molecule has 1 aliphatic carbocycles. The lowest BCUT2D eigenvalue weighted by atomic mass is 10.1. The number of rotatable bonds is 6. The second kappa shape index (κ2) is 8.71. The molecule has 22 heavy (non-hydrogen) atoms. The van der Waals surface area contributed by atoms with Gasteiger partial charge in [0, 0.05) is 18.7 Å². The Morgan fingerprint density at radius 2 is 1.95 bits per heavy atom. The van der Waals surface area contributed by atoms with E-state index in [4.69, 9.17) is 0 Å². The second-order valence-electron chi connectivity index (χ2n) is 6.13. The van der Waals surface area contributed by atoms with E-state index in [1.54, 1.807) is 6.07 Å². The molecule has 0 radical (unpaired) electrons. The molecule has 0 bridgehead atoms. The third kappa shape index (κ3) is 5.28. The Morgan fingerprint density at radius 3 is 2.64 bits per heavy atom. The van der Waals surface area contributed by atoms with Crippen LogP contribution >= 0.6 is 0 Å². The van der Waals surface area contributed by atoms with Gasteiger partial charge in [0.2, 0.25) is 0 Å². The van der Waals surface area contributed by atoms with Crippen LogP contribution in [0, 0.1) is 6.92 Å². The summed E-state index contributed by atoms with van der Waals surface area (Å²) < 4.78 is 0. The zero-order chi connectivity index (χ0) is 15.8. The Bertz CT molecular complexity index is 482. The quantitative estimate of drug-likeness (QED) is 0.624. The highest BCUT2D eigenvalue weighted by Gasteiger charge is 2.17. The summed E-state index contributed by atoms with van der Waals surface area (Å²) in [5.41, 5.74) is 0.468. The van der Waals surface area contributed by atoms with Crippen LogP contribution in [0.4, 0.5) is 5.82 Å². The number of amides is 1. The van der Waals surface area contributed by atoms with Gasteiger partial charge in [-0.3, -0.25) is 4.79 Å². The molecule has 1 heterocycles. The minimum absolute atomic E-state index is 0.0732. The van der Waals surface area contributed by atoms with Gasteiger partial charge >= 0.3 is 0 Å². The summed E-state index contributed by atoms with van der Waals surface area (Å²) in [5, 5.41) is 6.40. The van der Waals surface area contributed by atoms with Gasteiger partial charge in [0.1, 0.15) is 17.3 Å². The van der Waals surface area contributed by atoms with E-state index in [9.17, 15) is 4.79 Å². The molecule has 1 aliphatic rings. The molecule has 0 aromatic carbocycles. The van der Waals surface area contributed by atoms with Crippen LogP contribution in [0.5, 0.6) is 0 Å². The minimum Gasteiger partial charge on any atom is -0.370 e. The predicted octanol–water partition coefficient (Wildman–Crippen LogP) is 3.45. The molecule has 1 aromatic rings. The Balaban J connectivity index is 1.98. The highest BCUT2D eigenvalue weighted by molar-refractivity contribution is 5.93. The predicted molar refractivity (Wildman–Crippen MR) is 89.1 cm³/mol. The Labute approximate surface area is 133 Å². The molecule has 2 rings (SSSR count). The largest absolute Gasteiger partial charge is 0.370 e. The van der Waals surface area contributed by atoms with Crippen molar-refractivity contribution in [2.24, 2.45) is 0 Å². The number of anilines is 1. The number of hydrogen-bond acceptors (Lipinski definition) is 4. The second-order valence-corrected chi connectivity index (χ2v) is 6.13.